The molecular formula is C28H42NO+. The van der Waals surface area contributed by atoms with Crippen LogP contribution in [0.5, 0.6) is 0 Å². The number of ketones is 1. The largest absolute Gasteiger partial charge is 0.288 e. The van der Waals surface area contributed by atoms with Crippen LogP contribution in [0, 0.1) is 0 Å². The summed E-state index contributed by atoms with van der Waals surface area (Å²) in [5.74, 6) is 0.103. The summed E-state index contributed by atoms with van der Waals surface area (Å²) in [6.07, 6.45) is 23.4. The second-order valence-corrected chi connectivity index (χ2v) is 8.62. The number of hydrogen-bond acceptors (Lipinski definition) is 1. The molecule has 164 valence electrons. The first-order valence-corrected chi connectivity index (χ1v) is 12.4. The van der Waals surface area contributed by atoms with Crippen molar-refractivity contribution >= 4 is 5.78 Å². The molecule has 0 spiro atoms. The summed E-state index contributed by atoms with van der Waals surface area (Å²) in [7, 11) is 0. The Bertz CT molecular complexity index is 695. The Balaban J connectivity index is 1.50. The van der Waals surface area contributed by atoms with Crippen LogP contribution in [0.3, 0.4) is 0 Å². The van der Waals surface area contributed by atoms with E-state index in [0.717, 1.165) is 17.7 Å². The molecule has 2 heteroatoms. The lowest BCUT2D eigenvalue weighted by Gasteiger charge is -2.03. The lowest BCUT2D eigenvalue weighted by molar-refractivity contribution is -0.697. The maximum absolute atomic E-state index is 12.6. The van der Waals surface area contributed by atoms with Crippen molar-refractivity contribution in [2.45, 2.75) is 103 Å². The summed E-state index contributed by atoms with van der Waals surface area (Å²) in [4.78, 5) is 12.6. The fraction of sp³-hybridized carbons (Fsp3) is 0.571. The predicted molar refractivity (Wildman–Crippen MR) is 127 cm³/mol. The van der Waals surface area contributed by atoms with Gasteiger partial charge in [-0.3, -0.25) is 4.79 Å². The van der Waals surface area contributed by atoms with Gasteiger partial charge in [0.1, 0.15) is 6.54 Å². The van der Waals surface area contributed by atoms with Crippen LogP contribution in [0.1, 0.15) is 113 Å². The van der Waals surface area contributed by atoms with Gasteiger partial charge in [-0.25, -0.2) is 4.57 Å². The maximum Gasteiger partial charge on any atom is 0.199 e. The molecule has 0 unspecified atom stereocenters. The number of unbranched alkanes of at least 4 members (excludes halogenated alkanes) is 13. The van der Waals surface area contributed by atoms with Crippen molar-refractivity contribution in [2.75, 3.05) is 0 Å². The van der Waals surface area contributed by atoms with Gasteiger partial charge >= 0.3 is 0 Å². The van der Waals surface area contributed by atoms with E-state index >= 15 is 0 Å². The molecule has 0 saturated heterocycles. The number of aryl methyl sites for hydroxylation is 1. The van der Waals surface area contributed by atoms with Crippen molar-refractivity contribution in [3.05, 3.63) is 66.0 Å². The third-order valence-corrected chi connectivity index (χ3v) is 5.93. The van der Waals surface area contributed by atoms with Crippen molar-refractivity contribution in [2.24, 2.45) is 0 Å². The Morgan fingerprint density at radius 1 is 0.633 bits per heavy atom. The molecule has 2 rings (SSSR count). The van der Waals surface area contributed by atoms with Gasteiger partial charge in [0.25, 0.3) is 0 Å². The van der Waals surface area contributed by atoms with E-state index in [0.29, 0.717) is 0 Å². The standard InChI is InChI=1S/C28H42NO/c1-2-3-4-5-6-7-8-9-10-11-12-13-14-18-23-29-24-19-22-27(25-29)28(30)26-20-16-15-17-21-26/h15-17,19-22,24-25H,2-14,18,23H2,1H3/q+1. The maximum atomic E-state index is 12.6. The molecule has 0 saturated carbocycles. The van der Waals surface area contributed by atoms with Gasteiger partial charge in [0.2, 0.25) is 0 Å². The summed E-state index contributed by atoms with van der Waals surface area (Å²) in [6.45, 7) is 3.28. The lowest BCUT2D eigenvalue weighted by Crippen LogP contribution is -2.33. The smallest absolute Gasteiger partial charge is 0.199 e. The molecule has 0 N–H and O–H groups in total. The molecule has 0 aliphatic rings. The molecule has 0 bridgehead atoms. The molecule has 0 radical (unpaired) electrons. The second-order valence-electron chi connectivity index (χ2n) is 8.62. The minimum Gasteiger partial charge on any atom is -0.288 e. The summed E-state index contributed by atoms with van der Waals surface area (Å²) >= 11 is 0. The summed E-state index contributed by atoms with van der Waals surface area (Å²) in [5, 5.41) is 0. The Morgan fingerprint density at radius 2 is 1.13 bits per heavy atom. The van der Waals surface area contributed by atoms with E-state index in [4.69, 9.17) is 0 Å². The fourth-order valence-corrected chi connectivity index (χ4v) is 4.04. The summed E-state index contributed by atoms with van der Waals surface area (Å²) < 4.78 is 2.16. The zero-order chi connectivity index (χ0) is 21.3. The number of pyridine rings is 1. The number of carbonyl (C=O) groups is 1. The predicted octanol–water partition coefficient (Wildman–Crippen LogP) is 7.69. The summed E-state index contributed by atoms with van der Waals surface area (Å²) in [6, 6.07) is 13.4. The van der Waals surface area contributed by atoms with E-state index in [-0.39, 0.29) is 5.78 Å². The lowest BCUT2D eigenvalue weighted by atomic mass is 10.0. The van der Waals surface area contributed by atoms with Gasteiger partial charge in [-0.05, 0) is 12.5 Å². The molecule has 0 aliphatic heterocycles. The average molecular weight is 409 g/mol. The van der Waals surface area contributed by atoms with Gasteiger partial charge in [0, 0.05) is 18.1 Å². The van der Waals surface area contributed by atoms with Crippen LogP contribution in [0.25, 0.3) is 0 Å². The molecule has 0 atom stereocenters. The van der Waals surface area contributed by atoms with Gasteiger partial charge < -0.3 is 0 Å². The van der Waals surface area contributed by atoms with E-state index < -0.39 is 0 Å². The van der Waals surface area contributed by atoms with Gasteiger partial charge in [0.05, 0.1) is 5.56 Å². The van der Waals surface area contributed by atoms with E-state index in [1.807, 2.05) is 48.7 Å². The molecule has 1 heterocycles. The van der Waals surface area contributed by atoms with Gasteiger partial charge in [-0.1, -0.05) is 114 Å². The van der Waals surface area contributed by atoms with E-state index in [1.165, 1.54) is 89.9 Å². The molecule has 2 nitrogen and oxygen atoms in total. The van der Waals surface area contributed by atoms with Crippen LogP contribution in [0.4, 0.5) is 0 Å². The minimum absolute atomic E-state index is 0.103. The number of rotatable bonds is 17. The molecule has 1 aromatic carbocycles. The monoisotopic (exact) mass is 408 g/mol. The van der Waals surface area contributed by atoms with Crippen molar-refractivity contribution in [1.29, 1.82) is 0 Å². The molecule has 30 heavy (non-hydrogen) atoms. The topological polar surface area (TPSA) is 20.9 Å². The number of aromatic nitrogens is 1. The highest BCUT2D eigenvalue weighted by atomic mass is 16.1. The SMILES string of the molecule is CCCCCCCCCCCCCCCC[n+]1cccc(C(=O)c2ccccc2)c1. The van der Waals surface area contributed by atoms with Gasteiger partial charge in [-0.15, -0.1) is 0 Å². The first-order chi connectivity index (χ1) is 14.8. The number of nitrogens with zero attached hydrogens (tertiary/aromatic N) is 1. The van der Waals surface area contributed by atoms with Crippen LogP contribution in [0.2, 0.25) is 0 Å². The molecule has 0 fully saturated rings. The first kappa shape index (κ1) is 24.3. The number of benzene rings is 1. The normalized spacial score (nSPS) is 11.0. The van der Waals surface area contributed by atoms with Crippen molar-refractivity contribution in [3.63, 3.8) is 0 Å². The molecule has 2 aromatic rings. The van der Waals surface area contributed by atoms with Gasteiger partial charge in [-0.2, -0.15) is 0 Å². The Hall–Kier alpha value is -1.96. The van der Waals surface area contributed by atoms with Gasteiger partial charge in [0.15, 0.2) is 18.2 Å². The van der Waals surface area contributed by atoms with E-state index in [9.17, 15) is 4.79 Å². The third kappa shape index (κ3) is 10.2. The highest BCUT2D eigenvalue weighted by Crippen LogP contribution is 2.13. The molecule has 0 amide bonds. The Kier molecular flexibility index (Phi) is 12.8. The van der Waals surface area contributed by atoms with Crippen LogP contribution >= 0.6 is 0 Å². The third-order valence-electron chi connectivity index (χ3n) is 5.93. The highest BCUT2D eigenvalue weighted by Gasteiger charge is 2.12. The summed E-state index contributed by atoms with van der Waals surface area (Å²) in [5.41, 5.74) is 1.53. The zero-order valence-electron chi connectivity index (χ0n) is 19.2. The van der Waals surface area contributed by atoms with Crippen LogP contribution in [0.15, 0.2) is 54.9 Å². The quantitative estimate of drug-likeness (QED) is 0.149. The van der Waals surface area contributed by atoms with Crippen LogP contribution in [-0.2, 0) is 6.54 Å². The average Bonchev–Trinajstić information content (AvgIpc) is 2.79. The van der Waals surface area contributed by atoms with Crippen molar-refractivity contribution < 1.29 is 9.36 Å². The molecule has 0 aliphatic carbocycles. The second kappa shape index (κ2) is 15.8. The van der Waals surface area contributed by atoms with Crippen molar-refractivity contribution in [3.8, 4) is 0 Å². The van der Waals surface area contributed by atoms with Crippen LogP contribution in [-0.4, -0.2) is 5.78 Å². The first-order valence-electron chi connectivity index (χ1n) is 12.4. The van der Waals surface area contributed by atoms with E-state index in [2.05, 4.69) is 17.7 Å². The highest BCUT2D eigenvalue weighted by molar-refractivity contribution is 6.08. The fourth-order valence-electron chi connectivity index (χ4n) is 4.04. The van der Waals surface area contributed by atoms with Crippen LogP contribution < -0.4 is 4.57 Å². The Morgan fingerprint density at radius 3 is 1.70 bits per heavy atom. The number of carbonyl (C=O) groups excluding carboxylic acids is 1. The van der Waals surface area contributed by atoms with Crippen molar-refractivity contribution in [1.82, 2.24) is 0 Å². The van der Waals surface area contributed by atoms with E-state index in [1.54, 1.807) is 0 Å². The molecule has 1 aromatic heterocycles. The number of hydrogen-bond donors (Lipinski definition) is 0. The molecular weight excluding hydrogens is 366 g/mol. The zero-order valence-corrected chi connectivity index (χ0v) is 19.2. The minimum atomic E-state index is 0.103. The Labute approximate surface area is 184 Å².